The number of sulfonamides is 1. The van der Waals surface area contributed by atoms with Crippen LogP contribution < -0.4 is 23.8 Å². The van der Waals surface area contributed by atoms with Gasteiger partial charge in [0.15, 0.2) is 11.5 Å². The second-order valence-electron chi connectivity index (χ2n) is 10.3. The molecule has 0 spiro atoms. The Bertz CT molecular complexity index is 1560. The van der Waals surface area contributed by atoms with Crippen LogP contribution in [0.2, 0.25) is 10.0 Å². The van der Waals surface area contributed by atoms with E-state index in [9.17, 15) is 18.0 Å². The average Bonchev–Trinajstić information content (AvgIpc) is 3.00. The summed E-state index contributed by atoms with van der Waals surface area (Å²) in [5.41, 5.74) is 0.636. The minimum atomic E-state index is -4.37. The predicted molar refractivity (Wildman–Crippen MR) is 176 cm³/mol. The van der Waals surface area contributed by atoms with Gasteiger partial charge in [0.25, 0.3) is 10.0 Å². The number of carbonyl (C=O) groups is 2. The summed E-state index contributed by atoms with van der Waals surface area (Å²) < 4.78 is 45.7. The molecule has 0 saturated heterocycles. The highest BCUT2D eigenvalue weighted by atomic mass is 35.5. The first-order chi connectivity index (χ1) is 21.4. The Morgan fingerprint density at radius 1 is 0.911 bits per heavy atom. The molecule has 0 radical (unpaired) electrons. The van der Waals surface area contributed by atoms with Crippen molar-refractivity contribution in [1.82, 2.24) is 10.2 Å². The number of amides is 2. The molecule has 0 aliphatic rings. The lowest BCUT2D eigenvalue weighted by Crippen LogP contribution is -2.53. The van der Waals surface area contributed by atoms with Gasteiger partial charge in [-0.15, -0.1) is 0 Å². The number of carbonyl (C=O) groups excluding carboxylic acids is 2. The van der Waals surface area contributed by atoms with Crippen LogP contribution in [0, 0.1) is 0 Å². The van der Waals surface area contributed by atoms with Crippen LogP contribution in [0.1, 0.15) is 39.7 Å². The first-order valence-electron chi connectivity index (χ1n) is 14.4. The lowest BCUT2D eigenvalue weighted by molar-refractivity contribution is -0.140. The molecule has 0 aliphatic heterocycles. The van der Waals surface area contributed by atoms with Crippen molar-refractivity contribution in [2.24, 2.45) is 0 Å². The minimum absolute atomic E-state index is 0.130. The van der Waals surface area contributed by atoms with Crippen LogP contribution in [0.25, 0.3) is 0 Å². The van der Waals surface area contributed by atoms with Gasteiger partial charge in [-0.25, -0.2) is 8.42 Å². The van der Waals surface area contributed by atoms with E-state index in [0.717, 1.165) is 4.31 Å². The van der Waals surface area contributed by atoms with Crippen molar-refractivity contribution in [3.63, 3.8) is 0 Å². The highest BCUT2D eigenvalue weighted by Gasteiger charge is 2.35. The standard InChI is InChI=1S/C32H39Cl2N3O7S/c1-7-28(32(39)35-21(3)4)36(19-25-26(33)10-9-11-27(25)34)31(38)20-37(22-12-14-23(15-13-22)44-8-2)45(40,41)24-16-17-29(42-5)30(18-24)43-6/h9-18,21,28H,7-8,19-20H2,1-6H3,(H,35,39). The third-order valence-electron chi connectivity index (χ3n) is 6.86. The lowest BCUT2D eigenvalue weighted by Gasteiger charge is -2.34. The smallest absolute Gasteiger partial charge is 0.264 e. The fraction of sp³-hybridized carbons (Fsp3) is 0.375. The van der Waals surface area contributed by atoms with Crippen LogP contribution in [0.15, 0.2) is 65.6 Å². The summed E-state index contributed by atoms with van der Waals surface area (Å²) in [6, 6.07) is 14.3. The Kier molecular flexibility index (Phi) is 12.8. The van der Waals surface area contributed by atoms with Crippen LogP contribution >= 0.6 is 23.2 Å². The van der Waals surface area contributed by atoms with Crippen LogP contribution in [0.3, 0.4) is 0 Å². The number of anilines is 1. The van der Waals surface area contributed by atoms with E-state index in [1.807, 2.05) is 20.8 Å². The van der Waals surface area contributed by atoms with Gasteiger partial charge in [-0.2, -0.15) is 0 Å². The molecule has 10 nitrogen and oxygen atoms in total. The summed E-state index contributed by atoms with van der Waals surface area (Å²) in [7, 11) is -1.53. The molecule has 1 N–H and O–H groups in total. The van der Waals surface area contributed by atoms with E-state index in [4.69, 9.17) is 37.4 Å². The average molecular weight is 681 g/mol. The van der Waals surface area contributed by atoms with Crippen molar-refractivity contribution in [3.05, 3.63) is 76.3 Å². The van der Waals surface area contributed by atoms with E-state index >= 15 is 0 Å². The van der Waals surface area contributed by atoms with E-state index in [-0.39, 0.29) is 41.2 Å². The number of benzene rings is 3. The summed E-state index contributed by atoms with van der Waals surface area (Å²) in [5.74, 6) is 0.0318. The molecule has 2 amide bonds. The molecule has 0 fully saturated rings. The molecular formula is C32H39Cl2N3O7S. The summed E-state index contributed by atoms with van der Waals surface area (Å²) in [4.78, 5) is 28.8. The highest BCUT2D eigenvalue weighted by molar-refractivity contribution is 7.92. The van der Waals surface area contributed by atoms with Gasteiger partial charge in [-0.3, -0.25) is 13.9 Å². The van der Waals surface area contributed by atoms with Gasteiger partial charge in [0.1, 0.15) is 18.3 Å². The largest absolute Gasteiger partial charge is 0.494 e. The minimum Gasteiger partial charge on any atom is -0.494 e. The summed E-state index contributed by atoms with van der Waals surface area (Å²) in [6.07, 6.45) is 0.248. The molecule has 244 valence electrons. The summed E-state index contributed by atoms with van der Waals surface area (Å²) in [6.45, 7) is 6.87. The third-order valence-corrected chi connectivity index (χ3v) is 9.34. The van der Waals surface area contributed by atoms with Crippen LogP contribution in [0.4, 0.5) is 5.69 Å². The molecule has 3 aromatic carbocycles. The number of nitrogens with zero attached hydrogens (tertiary/aromatic N) is 2. The topological polar surface area (TPSA) is 114 Å². The molecule has 1 unspecified atom stereocenters. The van der Waals surface area contributed by atoms with Crippen molar-refractivity contribution in [2.45, 2.75) is 57.6 Å². The maximum absolute atomic E-state index is 14.3. The molecular weight excluding hydrogens is 641 g/mol. The van der Waals surface area contributed by atoms with Crippen LogP contribution in [0.5, 0.6) is 17.2 Å². The van der Waals surface area contributed by atoms with Crippen molar-refractivity contribution in [3.8, 4) is 17.2 Å². The molecule has 0 aliphatic carbocycles. The van der Waals surface area contributed by atoms with Crippen molar-refractivity contribution in [2.75, 3.05) is 31.7 Å². The number of hydrogen-bond donors (Lipinski definition) is 1. The van der Waals surface area contributed by atoms with Gasteiger partial charge in [0, 0.05) is 34.3 Å². The predicted octanol–water partition coefficient (Wildman–Crippen LogP) is 5.94. The van der Waals surface area contributed by atoms with Gasteiger partial charge in [-0.05, 0) is 75.7 Å². The fourth-order valence-corrected chi connectivity index (χ4v) is 6.61. The number of halogens is 2. The Labute approximate surface area is 275 Å². The molecule has 0 heterocycles. The number of rotatable bonds is 15. The molecule has 13 heteroatoms. The van der Waals surface area contributed by atoms with Gasteiger partial charge in [0.2, 0.25) is 11.8 Å². The van der Waals surface area contributed by atoms with E-state index in [1.165, 1.54) is 37.3 Å². The Hall–Kier alpha value is -3.67. The molecule has 3 rings (SSSR count). The van der Waals surface area contributed by atoms with Gasteiger partial charge in [-0.1, -0.05) is 36.2 Å². The zero-order valence-corrected chi connectivity index (χ0v) is 28.5. The molecule has 3 aromatic rings. The highest BCUT2D eigenvalue weighted by Crippen LogP contribution is 2.33. The Morgan fingerprint density at radius 2 is 1.53 bits per heavy atom. The number of nitrogens with one attached hydrogen (secondary N) is 1. The second kappa shape index (κ2) is 16.1. The molecule has 0 saturated carbocycles. The first-order valence-corrected chi connectivity index (χ1v) is 16.6. The Balaban J connectivity index is 2.15. The van der Waals surface area contributed by atoms with Crippen LogP contribution in [-0.4, -0.2) is 64.6 Å². The molecule has 0 bridgehead atoms. The van der Waals surface area contributed by atoms with Gasteiger partial charge in [0.05, 0.1) is 31.4 Å². The van der Waals surface area contributed by atoms with Crippen molar-refractivity contribution in [1.29, 1.82) is 0 Å². The SMILES string of the molecule is CCOc1ccc(N(CC(=O)N(Cc2c(Cl)cccc2Cl)C(CC)C(=O)NC(C)C)S(=O)(=O)c2ccc(OC)c(OC)c2)cc1. The van der Waals surface area contributed by atoms with Crippen molar-refractivity contribution < 1.29 is 32.2 Å². The molecule has 0 aromatic heterocycles. The normalized spacial score (nSPS) is 11.9. The maximum Gasteiger partial charge on any atom is 0.264 e. The quantitative estimate of drug-likeness (QED) is 0.212. The molecule has 45 heavy (non-hydrogen) atoms. The summed E-state index contributed by atoms with van der Waals surface area (Å²) >= 11 is 12.9. The number of hydrogen-bond acceptors (Lipinski definition) is 7. The van der Waals surface area contributed by atoms with E-state index in [1.54, 1.807) is 49.4 Å². The summed E-state index contributed by atoms with van der Waals surface area (Å²) in [5, 5.41) is 3.47. The monoisotopic (exact) mass is 679 g/mol. The maximum atomic E-state index is 14.3. The zero-order chi connectivity index (χ0) is 33.3. The van der Waals surface area contributed by atoms with Gasteiger partial charge >= 0.3 is 0 Å². The Morgan fingerprint density at radius 3 is 2.07 bits per heavy atom. The van der Waals surface area contributed by atoms with Gasteiger partial charge < -0.3 is 24.4 Å². The molecule has 1 atom stereocenters. The van der Waals surface area contributed by atoms with Crippen LogP contribution in [-0.2, 0) is 26.2 Å². The van der Waals surface area contributed by atoms with E-state index < -0.39 is 28.5 Å². The first kappa shape index (κ1) is 35.8. The third kappa shape index (κ3) is 8.74. The number of methoxy groups -OCH3 is 2. The van der Waals surface area contributed by atoms with Crippen molar-refractivity contribution >= 4 is 50.7 Å². The lowest BCUT2D eigenvalue weighted by atomic mass is 10.1. The zero-order valence-electron chi connectivity index (χ0n) is 26.2. The fourth-order valence-electron chi connectivity index (χ4n) is 4.66. The van der Waals surface area contributed by atoms with E-state index in [2.05, 4.69) is 5.32 Å². The van der Waals surface area contributed by atoms with E-state index in [0.29, 0.717) is 33.7 Å². The number of ether oxygens (including phenoxy) is 3. The second-order valence-corrected chi connectivity index (χ2v) is 12.9.